The highest BCUT2D eigenvalue weighted by Gasteiger charge is 2.32. The largest absolute Gasteiger partial charge is 0.481 e. The Labute approximate surface area is 113 Å². The average Bonchev–Trinajstić information content (AvgIpc) is 2.39. The molecule has 0 bridgehead atoms. The molecule has 0 radical (unpaired) electrons. The number of rotatable bonds is 2. The first kappa shape index (κ1) is 14.1. The summed E-state index contributed by atoms with van der Waals surface area (Å²) in [5.74, 6) is -1.06. The van der Waals surface area contributed by atoms with Crippen LogP contribution in [0.1, 0.15) is 32.6 Å². The molecule has 0 atom stereocenters. The normalized spacial score (nSPS) is 23.9. The first-order valence-corrected chi connectivity index (χ1v) is 6.88. The van der Waals surface area contributed by atoms with Crippen LogP contribution in [-0.4, -0.2) is 53.8 Å². The van der Waals surface area contributed by atoms with E-state index < -0.39 is 5.97 Å². The Kier molecular flexibility index (Phi) is 4.29. The summed E-state index contributed by atoms with van der Waals surface area (Å²) in [6, 6.07) is -0.0757. The van der Waals surface area contributed by atoms with Gasteiger partial charge in [0.1, 0.15) is 0 Å². The van der Waals surface area contributed by atoms with Crippen molar-refractivity contribution in [1.82, 2.24) is 10.2 Å². The first-order chi connectivity index (χ1) is 9.00. The summed E-state index contributed by atoms with van der Waals surface area (Å²) in [6.45, 7) is 4.44. The van der Waals surface area contributed by atoms with Gasteiger partial charge in [-0.25, -0.2) is 4.79 Å². The molecular weight excluding hydrogens is 248 g/mol. The smallest absolute Gasteiger partial charge is 0.317 e. The Hall–Kier alpha value is -1.30. The quantitative estimate of drug-likeness (QED) is 0.786. The van der Waals surface area contributed by atoms with Gasteiger partial charge in [-0.1, -0.05) is 0 Å². The molecule has 2 saturated heterocycles. The van der Waals surface area contributed by atoms with Crippen LogP contribution in [0.3, 0.4) is 0 Å². The van der Waals surface area contributed by atoms with Gasteiger partial charge in [-0.3, -0.25) is 4.79 Å². The maximum absolute atomic E-state index is 12.2. The van der Waals surface area contributed by atoms with E-state index in [0.29, 0.717) is 39.1 Å². The summed E-state index contributed by atoms with van der Waals surface area (Å²) >= 11 is 0. The summed E-state index contributed by atoms with van der Waals surface area (Å²) < 4.78 is 5.30. The second kappa shape index (κ2) is 5.77. The number of nitrogens with one attached hydrogen (secondary N) is 1. The molecule has 19 heavy (non-hydrogen) atoms. The molecule has 2 amide bonds. The topological polar surface area (TPSA) is 78.9 Å². The van der Waals surface area contributed by atoms with E-state index in [1.165, 1.54) is 0 Å². The SMILES string of the molecule is CC1(NC(=O)N2CCC(C(=O)O)CC2)CCOCC1. The number of carboxylic acids is 1. The lowest BCUT2D eigenvalue weighted by atomic mass is 9.92. The summed E-state index contributed by atoms with van der Waals surface area (Å²) in [5.41, 5.74) is -0.195. The molecule has 2 rings (SSSR count). The van der Waals surface area contributed by atoms with Crippen molar-refractivity contribution in [2.24, 2.45) is 5.92 Å². The Morgan fingerprint density at radius 3 is 2.37 bits per heavy atom. The van der Waals surface area contributed by atoms with Gasteiger partial charge >= 0.3 is 12.0 Å². The fourth-order valence-corrected chi connectivity index (χ4v) is 2.61. The third kappa shape index (κ3) is 3.59. The molecule has 0 saturated carbocycles. The molecule has 0 aliphatic carbocycles. The molecule has 2 N–H and O–H groups in total. The minimum Gasteiger partial charge on any atom is -0.481 e. The molecule has 2 aliphatic heterocycles. The van der Waals surface area contributed by atoms with Crippen LogP contribution in [0.2, 0.25) is 0 Å². The van der Waals surface area contributed by atoms with Crippen molar-refractivity contribution in [2.75, 3.05) is 26.3 Å². The van der Waals surface area contributed by atoms with E-state index >= 15 is 0 Å². The van der Waals surface area contributed by atoms with Gasteiger partial charge in [-0.05, 0) is 32.6 Å². The number of amides is 2. The molecule has 0 spiro atoms. The van der Waals surface area contributed by atoms with E-state index in [1.54, 1.807) is 4.90 Å². The Morgan fingerprint density at radius 1 is 1.26 bits per heavy atom. The zero-order chi connectivity index (χ0) is 13.9. The van der Waals surface area contributed by atoms with Crippen LogP contribution >= 0.6 is 0 Å². The molecule has 2 aliphatic rings. The van der Waals surface area contributed by atoms with Gasteiger partial charge in [0.25, 0.3) is 0 Å². The van der Waals surface area contributed by atoms with E-state index in [-0.39, 0.29) is 17.5 Å². The molecule has 0 aromatic rings. The lowest BCUT2D eigenvalue weighted by Gasteiger charge is -2.38. The van der Waals surface area contributed by atoms with E-state index in [1.807, 2.05) is 6.92 Å². The van der Waals surface area contributed by atoms with Crippen LogP contribution in [0.5, 0.6) is 0 Å². The highest BCUT2D eigenvalue weighted by atomic mass is 16.5. The number of piperidine rings is 1. The molecular formula is C13H22N2O4. The van der Waals surface area contributed by atoms with Crippen molar-refractivity contribution in [3.63, 3.8) is 0 Å². The number of hydrogen-bond acceptors (Lipinski definition) is 3. The van der Waals surface area contributed by atoms with Crippen molar-refractivity contribution < 1.29 is 19.4 Å². The minimum atomic E-state index is -0.753. The zero-order valence-electron chi connectivity index (χ0n) is 11.4. The Morgan fingerprint density at radius 2 is 1.84 bits per heavy atom. The minimum absolute atomic E-state index is 0.0757. The number of likely N-dealkylation sites (tertiary alicyclic amines) is 1. The van der Waals surface area contributed by atoms with Gasteiger partial charge in [0.2, 0.25) is 0 Å². The monoisotopic (exact) mass is 270 g/mol. The molecule has 108 valence electrons. The van der Waals surface area contributed by atoms with Crippen molar-refractivity contribution in [3.8, 4) is 0 Å². The van der Waals surface area contributed by atoms with Gasteiger partial charge in [-0.15, -0.1) is 0 Å². The lowest BCUT2D eigenvalue weighted by Crippen LogP contribution is -2.55. The summed E-state index contributed by atoms with van der Waals surface area (Å²) in [7, 11) is 0. The van der Waals surface area contributed by atoms with E-state index in [4.69, 9.17) is 9.84 Å². The number of urea groups is 1. The second-order valence-corrected chi connectivity index (χ2v) is 5.70. The fraction of sp³-hybridized carbons (Fsp3) is 0.846. The number of carbonyl (C=O) groups excluding carboxylic acids is 1. The molecule has 6 nitrogen and oxygen atoms in total. The molecule has 6 heteroatoms. The third-order valence-corrected chi connectivity index (χ3v) is 4.14. The number of carboxylic acid groups (broad SMARTS) is 1. The maximum atomic E-state index is 12.2. The second-order valence-electron chi connectivity index (χ2n) is 5.70. The standard InChI is InChI=1S/C13H22N2O4/c1-13(4-8-19-9-5-13)14-12(18)15-6-2-10(3-7-15)11(16)17/h10H,2-9H2,1H3,(H,14,18)(H,16,17). The van der Waals surface area contributed by atoms with Gasteiger partial charge in [0.15, 0.2) is 0 Å². The third-order valence-electron chi connectivity index (χ3n) is 4.14. The van der Waals surface area contributed by atoms with Crippen LogP contribution in [-0.2, 0) is 9.53 Å². The number of nitrogens with zero attached hydrogens (tertiary/aromatic N) is 1. The fourth-order valence-electron chi connectivity index (χ4n) is 2.61. The van der Waals surface area contributed by atoms with Crippen molar-refractivity contribution in [2.45, 2.75) is 38.1 Å². The number of ether oxygens (including phenoxy) is 1. The Bertz CT molecular complexity index is 345. The van der Waals surface area contributed by atoms with Crippen LogP contribution in [0.25, 0.3) is 0 Å². The summed E-state index contributed by atoms with van der Waals surface area (Å²) in [6.07, 6.45) is 2.74. The molecule has 2 heterocycles. The molecule has 0 unspecified atom stereocenters. The highest BCUT2D eigenvalue weighted by molar-refractivity contribution is 5.76. The van der Waals surface area contributed by atoms with E-state index in [0.717, 1.165) is 12.8 Å². The van der Waals surface area contributed by atoms with E-state index in [9.17, 15) is 9.59 Å². The van der Waals surface area contributed by atoms with Crippen LogP contribution in [0.4, 0.5) is 4.79 Å². The zero-order valence-corrected chi connectivity index (χ0v) is 11.4. The average molecular weight is 270 g/mol. The highest BCUT2D eigenvalue weighted by Crippen LogP contribution is 2.22. The Balaban J connectivity index is 1.82. The summed E-state index contributed by atoms with van der Waals surface area (Å²) in [5, 5.41) is 12.0. The number of carbonyl (C=O) groups is 2. The van der Waals surface area contributed by atoms with Crippen LogP contribution in [0, 0.1) is 5.92 Å². The number of aliphatic carboxylic acids is 1. The first-order valence-electron chi connectivity index (χ1n) is 6.88. The predicted octanol–water partition coefficient (Wildman–Crippen LogP) is 1.06. The van der Waals surface area contributed by atoms with Gasteiger partial charge < -0.3 is 20.1 Å². The van der Waals surface area contributed by atoms with Gasteiger partial charge in [-0.2, -0.15) is 0 Å². The van der Waals surface area contributed by atoms with Gasteiger partial charge in [0.05, 0.1) is 5.92 Å². The predicted molar refractivity (Wildman–Crippen MR) is 68.9 cm³/mol. The van der Waals surface area contributed by atoms with Crippen molar-refractivity contribution in [1.29, 1.82) is 0 Å². The van der Waals surface area contributed by atoms with Crippen molar-refractivity contribution in [3.05, 3.63) is 0 Å². The van der Waals surface area contributed by atoms with Crippen LogP contribution in [0.15, 0.2) is 0 Å². The van der Waals surface area contributed by atoms with Crippen LogP contribution < -0.4 is 5.32 Å². The van der Waals surface area contributed by atoms with Gasteiger partial charge in [0, 0.05) is 31.8 Å². The molecule has 2 fully saturated rings. The number of hydrogen-bond donors (Lipinski definition) is 2. The van der Waals surface area contributed by atoms with Crippen molar-refractivity contribution >= 4 is 12.0 Å². The van der Waals surface area contributed by atoms with E-state index in [2.05, 4.69) is 5.32 Å². The molecule has 0 aromatic carbocycles. The lowest BCUT2D eigenvalue weighted by molar-refractivity contribution is -0.143. The molecule has 0 aromatic heterocycles. The summed E-state index contributed by atoms with van der Waals surface area (Å²) in [4.78, 5) is 24.8. The maximum Gasteiger partial charge on any atom is 0.317 e.